The molecule has 0 saturated carbocycles. The second kappa shape index (κ2) is 4.06. The molecule has 9 heavy (non-hydrogen) atoms. The van der Waals surface area contributed by atoms with Gasteiger partial charge in [0, 0.05) is 5.92 Å². The number of ether oxygens (including phenoxy) is 1. The molecule has 0 amide bonds. The fourth-order valence-corrected chi connectivity index (χ4v) is 0.283. The van der Waals surface area contributed by atoms with Gasteiger partial charge >= 0.3 is 0 Å². The Hall–Kier alpha value is -0.860. The van der Waals surface area contributed by atoms with Crippen LogP contribution in [0.25, 0.3) is 0 Å². The van der Waals surface area contributed by atoms with Gasteiger partial charge in [0.15, 0.2) is 5.78 Å². The molecule has 0 heterocycles. The Morgan fingerprint density at radius 1 is 1.67 bits per heavy atom. The molecule has 3 nitrogen and oxygen atoms in total. The molecule has 0 saturated heterocycles. The highest BCUT2D eigenvalue weighted by Gasteiger charge is 2.05. The molecule has 0 aromatic carbocycles. The van der Waals surface area contributed by atoms with Gasteiger partial charge in [-0.05, 0) is 0 Å². The highest BCUT2D eigenvalue weighted by molar-refractivity contribution is 5.82. The van der Waals surface area contributed by atoms with E-state index >= 15 is 0 Å². The lowest BCUT2D eigenvalue weighted by atomic mass is 10.1. The largest absolute Gasteiger partial charge is 0.460 e. The molecule has 0 unspecified atom stereocenters. The van der Waals surface area contributed by atoms with Crippen molar-refractivity contribution in [1.82, 2.24) is 0 Å². The maximum atomic E-state index is 10.6. The molecule has 0 aliphatic carbocycles. The Kier molecular flexibility index (Phi) is 3.67. The number of carbonyl (C=O) groups is 2. The van der Waals surface area contributed by atoms with Crippen LogP contribution in [0.15, 0.2) is 0 Å². The van der Waals surface area contributed by atoms with Crippen LogP contribution < -0.4 is 0 Å². The zero-order valence-electron chi connectivity index (χ0n) is 5.59. The van der Waals surface area contributed by atoms with E-state index in [-0.39, 0.29) is 24.8 Å². The molecule has 0 aliphatic rings. The minimum atomic E-state index is -0.0961. The van der Waals surface area contributed by atoms with Gasteiger partial charge in [-0.25, -0.2) is 0 Å². The summed E-state index contributed by atoms with van der Waals surface area (Å²) in [6.45, 7) is 3.70. The summed E-state index contributed by atoms with van der Waals surface area (Å²) in [7, 11) is 0. The molecule has 0 N–H and O–H groups in total. The average Bonchev–Trinajstić information content (AvgIpc) is 1.82. The van der Waals surface area contributed by atoms with E-state index in [1.54, 1.807) is 13.8 Å². The van der Waals surface area contributed by atoms with Gasteiger partial charge in [-0.15, -0.1) is 0 Å². The van der Waals surface area contributed by atoms with Crippen LogP contribution in [0.4, 0.5) is 0 Å². The van der Waals surface area contributed by atoms with Crippen molar-refractivity contribution in [3.8, 4) is 0 Å². The first-order valence-electron chi connectivity index (χ1n) is 2.76. The Labute approximate surface area is 54.0 Å². The number of hydrogen-bond acceptors (Lipinski definition) is 3. The van der Waals surface area contributed by atoms with Crippen LogP contribution in [0.3, 0.4) is 0 Å². The van der Waals surface area contributed by atoms with Gasteiger partial charge in [-0.1, -0.05) is 13.8 Å². The monoisotopic (exact) mass is 130 g/mol. The SMILES string of the molecule is CC(C)C(=O)COC=O. The van der Waals surface area contributed by atoms with Crippen molar-refractivity contribution in [1.29, 1.82) is 0 Å². The van der Waals surface area contributed by atoms with E-state index in [1.165, 1.54) is 0 Å². The lowest BCUT2D eigenvalue weighted by Crippen LogP contribution is -2.13. The van der Waals surface area contributed by atoms with Crippen molar-refractivity contribution in [3.63, 3.8) is 0 Å². The van der Waals surface area contributed by atoms with Gasteiger partial charge in [-0.2, -0.15) is 0 Å². The summed E-state index contributed by atoms with van der Waals surface area (Å²) in [5.41, 5.74) is 0. The lowest BCUT2D eigenvalue weighted by Gasteiger charge is -1.99. The standard InChI is InChI=1S/C6H10O3/c1-5(2)6(8)3-9-4-7/h4-5H,3H2,1-2H3. The fraction of sp³-hybridized carbons (Fsp3) is 0.667. The van der Waals surface area contributed by atoms with Gasteiger partial charge in [0.25, 0.3) is 6.47 Å². The first kappa shape index (κ1) is 8.14. The lowest BCUT2D eigenvalue weighted by molar-refractivity contribution is -0.137. The van der Waals surface area contributed by atoms with Crippen LogP contribution in [-0.2, 0) is 14.3 Å². The Balaban J connectivity index is 3.38. The van der Waals surface area contributed by atoms with E-state index in [0.29, 0.717) is 0 Å². The van der Waals surface area contributed by atoms with Crippen LogP contribution in [0.5, 0.6) is 0 Å². The molecular weight excluding hydrogens is 120 g/mol. The smallest absolute Gasteiger partial charge is 0.293 e. The highest BCUT2D eigenvalue weighted by Crippen LogP contribution is 1.92. The van der Waals surface area contributed by atoms with E-state index in [4.69, 9.17) is 0 Å². The first-order valence-corrected chi connectivity index (χ1v) is 2.76. The van der Waals surface area contributed by atoms with E-state index < -0.39 is 0 Å². The van der Waals surface area contributed by atoms with E-state index in [1.807, 2.05) is 0 Å². The molecule has 0 bridgehead atoms. The average molecular weight is 130 g/mol. The quantitative estimate of drug-likeness (QED) is 0.517. The Bertz CT molecular complexity index is 107. The third-order valence-corrected chi connectivity index (χ3v) is 0.938. The third-order valence-electron chi connectivity index (χ3n) is 0.938. The van der Waals surface area contributed by atoms with Crippen molar-refractivity contribution < 1.29 is 14.3 Å². The molecule has 0 fully saturated rings. The van der Waals surface area contributed by atoms with Crippen molar-refractivity contribution in [3.05, 3.63) is 0 Å². The van der Waals surface area contributed by atoms with Gasteiger partial charge in [0.1, 0.15) is 6.61 Å². The molecule has 0 rings (SSSR count). The van der Waals surface area contributed by atoms with Crippen LogP contribution in [0, 0.1) is 5.92 Å². The zero-order valence-corrected chi connectivity index (χ0v) is 5.59. The molecule has 0 atom stereocenters. The first-order chi connectivity index (χ1) is 4.18. The molecule has 0 spiro atoms. The normalized spacial score (nSPS) is 9.22. The van der Waals surface area contributed by atoms with Crippen LogP contribution >= 0.6 is 0 Å². The molecule has 0 aromatic heterocycles. The Morgan fingerprint density at radius 3 is 2.56 bits per heavy atom. The predicted molar refractivity (Wildman–Crippen MR) is 31.9 cm³/mol. The second-order valence-corrected chi connectivity index (χ2v) is 2.03. The summed E-state index contributed by atoms with van der Waals surface area (Å²) in [5, 5.41) is 0. The zero-order chi connectivity index (χ0) is 7.28. The van der Waals surface area contributed by atoms with Crippen molar-refractivity contribution >= 4 is 12.3 Å². The van der Waals surface area contributed by atoms with Crippen molar-refractivity contribution in [2.75, 3.05) is 6.61 Å². The number of rotatable bonds is 4. The molecule has 0 radical (unpaired) electrons. The molecular formula is C6H10O3. The number of Topliss-reactive ketones (excluding diaryl/α,β-unsaturated/α-hetero) is 1. The van der Waals surface area contributed by atoms with E-state index in [9.17, 15) is 9.59 Å². The van der Waals surface area contributed by atoms with Crippen molar-refractivity contribution in [2.45, 2.75) is 13.8 Å². The van der Waals surface area contributed by atoms with Gasteiger partial charge < -0.3 is 4.74 Å². The maximum absolute atomic E-state index is 10.6. The second-order valence-electron chi connectivity index (χ2n) is 2.03. The van der Waals surface area contributed by atoms with Gasteiger partial charge in [-0.3, -0.25) is 9.59 Å². The Morgan fingerprint density at radius 2 is 2.22 bits per heavy atom. The summed E-state index contributed by atoms with van der Waals surface area (Å²) < 4.78 is 4.23. The van der Waals surface area contributed by atoms with Crippen molar-refractivity contribution in [2.24, 2.45) is 5.92 Å². The van der Waals surface area contributed by atoms with E-state index in [2.05, 4.69) is 4.74 Å². The minimum Gasteiger partial charge on any atom is -0.460 e. The van der Waals surface area contributed by atoms with Gasteiger partial charge in [0.2, 0.25) is 0 Å². The number of ketones is 1. The highest BCUT2D eigenvalue weighted by atomic mass is 16.5. The predicted octanol–water partition coefficient (Wildman–Crippen LogP) is 0.385. The molecule has 0 aromatic rings. The molecule has 52 valence electrons. The van der Waals surface area contributed by atoms with Gasteiger partial charge in [0.05, 0.1) is 0 Å². The summed E-state index contributed by atoms with van der Waals surface area (Å²) in [6.07, 6.45) is 0. The van der Waals surface area contributed by atoms with Crippen LogP contribution in [0.1, 0.15) is 13.8 Å². The maximum Gasteiger partial charge on any atom is 0.293 e. The number of hydrogen-bond donors (Lipinski definition) is 0. The summed E-state index contributed by atoms with van der Waals surface area (Å²) in [4.78, 5) is 20.2. The van der Waals surface area contributed by atoms with Crippen LogP contribution in [-0.4, -0.2) is 18.9 Å². The summed E-state index contributed by atoms with van der Waals surface area (Å²) >= 11 is 0. The number of carbonyl (C=O) groups excluding carboxylic acids is 2. The van der Waals surface area contributed by atoms with E-state index in [0.717, 1.165) is 0 Å². The third kappa shape index (κ3) is 3.70. The summed E-state index contributed by atoms with van der Waals surface area (Å²) in [5.74, 6) is -0.105. The topological polar surface area (TPSA) is 43.4 Å². The summed E-state index contributed by atoms with van der Waals surface area (Å²) in [6, 6.07) is 0. The van der Waals surface area contributed by atoms with Crippen LogP contribution in [0.2, 0.25) is 0 Å². The molecule has 3 heteroatoms. The minimum absolute atomic E-state index is 0.0510. The molecule has 0 aliphatic heterocycles. The fourth-order valence-electron chi connectivity index (χ4n) is 0.283.